The Labute approximate surface area is 119 Å². The molecule has 21 heavy (non-hydrogen) atoms. The van der Waals surface area contributed by atoms with Gasteiger partial charge < -0.3 is 5.32 Å². The van der Waals surface area contributed by atoms with E-state index in [1.165, 1.54) is 18.2 Å². The van der Waals surface area contributed by atoms with Crippen molar-refractivity contribution in [3.8, 4) is 0 Å². The van der Waals surface area contributed by atoms with Gasteiger partial charge >= 0.3 is 0 Å². The predicted molar refractivity (Wildman–Crippen MR) is 72.1 cm³/mol. The lowest BCUT2D eigenvalue weighted by atomic mass is 10.2. The third-order valence-electron chi connectivity index (χ3n) is 2.61. The molecule has 2 aromatic rings. The molecule has 0 saturated carbocycles. The van der Waals surface area contributed by atoms with Crippen LogP contribution in [0.5, 0.6) is 0 Å². The fourth-order valence-corrected chi connectivity index (χ4v) is 2.36. The van der Waals surface area contributed by atoms with Crippen LogP contribution < -0.4 is 10.5 Å². The molecule has 0 aliphatic carbocycles. The fourth-order valence-electron chi connectivity index (χ4n) is 1.68. The van der Waals surface area contributed by atoms with Gasteiger partial charge in [0.25, 0.3) is 5.91 Å². The highest BCUT2D eigenvalue weighted by molar-refractivity contribution is 7.89. The van der Waals surface area contributed by atoms with E-state index >= 15 is 0 Å². The molecule has 110 valence electrons. The summed E-state index contributed by atoms with van der Waals surface area (Å²) in [5.41, 5.74) is -0.659. The predicted octanol–water partition coefficient (Wildman–Crippen LogP) is 1.86. The first kappa shape index (κ1) is 15.1. The summed E-state index contributed by atoms with van der Waals surface area (Å²) < 4.78 is 49.4. The fraction of sp³-hybridized carbons (Fsp3) is 0. The van der Waals surface area contributed by atoms with Crippen LogP contribution in [0.15, 0.2) is 47.4 Å². The molecule has 2 rings (SSSR count). The number of rotatable bonds is 3. The molecule has 2 aromatic carbocycles. The summed E-state index contributed by atoms with van der Waals surface area (Å²) in [6.45, 7) is 0. The molecule has 0 bridgehead atoms. The zero-order valence-corrected chi connectivity index (χ0v) is 11.3. The van der Waals surface area contributed by atoms with Crippen LogP contribution in [0, 0.1) is 11.6 Å². The lowest BCUT2D eigenvalue weighted by Crippen LogP contribution is -2.19. The molecular weight excluding hydrogens is 302 g/mol. The van der Waals surface area contributed by atoms with Gasteiger partial charge in [0.1, 0.15) is 16.5 Å². The number of carbonyl (C=O) groups excluding carboxylic acids is 1. The van der Waals surface area contributed by atoms with Crippen molar-refractivity contribution in [2.75, 3.05) is 5.32 Å². The SMILES string of the molecule is NS(=O)(=O)c1ccc(F)cc1NC(=O)c1ccccc1F. The zero-order chi connectivity index (χ0) is 15.6. The van der Waals surface area contributed by atoms with Crippen molar-refractivity contribution >= 4 is 21.6 Å². The summed E-state index contributed by atoms with van der Waals surface area (Å²) in [4.78, 5) is 11.5. The molecule has 3 N–H and O–H groups in total. The third kappa shape index (κ3) is 3.41. The summed E-state index contributed by atoms with van der Waals surface area (Å²) in [5, 5.41) is 7.11. The highest BCUT2D eigenvalue weighted by atomic mass is 32.2. The second kappa shape index (κ2) is 5.58. The Bertz CT molecular complexity index is 807. The molecule has 1 amide bonds. The molecule has 0 spiro atoms. The van der Waals surface area contributed by atoms with E-state index in [0.29, 0.717) is 0 Å². The Kier molecular flexibility index (Phi) is 4.01. The first-order valence-corrected chi connectivity index (χ1v) is 7.22. The number of sulfonamides is 1. The Morgan fingerprint density at radius 3 is 2.38 bits per heavy atom. The minimum Gasteiger partial charge on any atom is -0.321 e. The minimum atomic E-state index is -4.16. The van der Waals surface area contributed by atoms with E-state index in [4.69, 9.17) is 5.14 Å². The van der Waals surface area contributed by atoms with Crippen LogP contribution in [0.25, 0.3) is 0 Å². The van der Waals surface area contributed by atoms with E-state index in [1.54, 1.807) is 0 Å². The third-order valence-corrected chi connectivity index (χ3v) is 3.58. The van der Waals surface area contributed by atoms with E-state index in [0.717, 1.165) is 24.3 Å². The smallest absolute Gasteiger partial charge is 0.258 e. The van der Waals surface area contributed by atoms with Crippen molar-refractivity contribution in [1.29, 1.82) is 0 Å². The molecule has 0 aliphatic heterocycles. The Hall–Kier alpha value is -2.32. The zero-order valence-electron chi connectivity index (χ0n) is 10.5. The van der Waals surface area contributed by atoms with Gasteiger partial charge in [-0.1, -0.05) is 12.1 Å². The molecule has 0 atom stereocenters. The number of nitrogens with two attached hydrogens (primary N) is 1. The quantitative estimate of drug-likeness (QED) is 0.906. The maximum absolute atomic E-state index is 13.5. The highest BCUT2D eigenvalue weighted by Crippen LogP contribution is 2.22. The van der Waals surface area contributed by atoms with Gasteiger partial charge in [0.05, 0.1) is 11.3 Å². The molecule has 0 unspecified atom stereocenters. The number of benzene rings is 2. The van der Waals surface area contributed by atoms with Crippen molar-refractivity contribution < 1.29 is 22.0 Å². The van der Waals surface area contributed by atoms with Crippen LogP contribution in [-0.4, -0.2) is 14.3 Å². The maximum atomic E-state index is 13.5. The van der Waals surface area contributed by atoms with E-state index in [9.17, 15) is 22.0 Å². The Morgan fingerprint density at radius 1 is 1.10 bits per heavy atom. The van der Waals surface area contributed by atoms with Crippen molar-refractivity contribution in [1.82, 2.24) is 0 Å². The Morgan fingerprint density at radius 2 is 1.76 bits per heavy atom. The Balaban J connectivity index is 2.43. The number of carbonyl (C=O) groups is 1. The average Bonchev–Trinajstić information content (AvgIpc) is 2.37. The van der Waals surface area contributed by atoms with Crippen LogP contribution in [-0.2, 0) is 10.0 Å². The van der Waals surface area contributed by atoms with Gasteiger partial charge in [-0.2, -0.15) is 0 Å². The molecular formula is C13H10F2N2O3S. The summed E-state index contributed by atoms with van der Waals surface area (Å²) in [5.74, 6) is -2.47. The van der Waals surface area contributed by atoms with Gasteiger partial charge in [0.15, 0.2) is 0 Å². The lowest BCUT2D eigenvalue weighted by Gasteiger charge is -2.10. The second-order valence-corrected chi connectivity index (χ2v) is 5.65. The normalized spacial score (nSPS) is 11.2. The number of nitrogens with one attached hydrogen (secondary N) is 1. The summed E-state index contributed by atoms with van der Waals surface area (Å²) in [7, 11) is -4.16. The van der Waals surface area contributed by atoms with Gasteiger partial charge in [-0.05, 0) is 30.3 Å². The molecule has 0 aromatic heterocycles. The number of halogens is 2. The van der Waals surface area contributed by atoms with Gasteiger partial charge in [0.2, 0.25) is 10.0 Å². The van der Waals surface area contributed by atoms with E-state index in [-0.39, 0.29) is 11.3 Å². The summed E-state index contributed by atoms with van der Waals surface area (Å²) in [6, 6.07) is 7.70. The topological polar surface area (TPSA) is 89.3 Å². The number of primary sulfonamides is 1. The summed E-state index contributed by atoms with van der Waals surface area (Å²) >= 11 is 0. The van der Waals surface area contributed by atoms with Crippen LogP contribution >= 0.6 is 0 Å². The van der Waals surface area contributed by atoms with Crippen LogP contribution in [0.3, 0.4) is 0 Å². The van der Waals surface area contributed by atoms with Gasteiger partial charge in [-0.3, -0.25) is 4.79 Å². The van der Waals surface area contributed by atoms with Crippen LogP contribution in [0.4, 0.5) is 14.5 Å². The molecule has 0 aliphatic rings. The van der Waals surface area contributed by atoms with Crippen molar-refractivity contribution in [3.63, 3.8) is 0 Å². The standard InChI is InChI=1S/C13H10F2N2O3S/c14-8-5-6-12(21(16,19)20)11(7-8)17-13(18)9-3-1-2-4-10(9)15/h1-7H,(H,17,18)(H2,16,19,20). The van der Waals surface area contributed by atoms with E-state index in [1.807, 2.05) is 0 Å². The van der Waals surface area contributed by atoms with E-state index < -0.39 is 32.5 Å². The number of anilines is 1. The molecule has 0 radical (unpaired) electrons. The van der Waals surface area contributed by atoms with Gasteiger partial charge in [-0.15, -0.1) is 0 Å². The monoisotopic (exact) mass is 312 g/mol. The van der Waals surface area contributed by atoms with Gasteiger partial charge in [0, 0.05) is 0 Å². The minimum absolute atomic E-state index is 0.304. The van der Waals surface area contributed by atoms with Crippen molar-refractivity contribution in [2.45, 2.75) is 4.90 Å². The molecule has 0 saturated heterocycles. The number of amides is 1. The van der Waals surface area contributed by atoms with E-state index in [2.05, 4.69) is 5.32 Å². The molecule has 5 nitrogen and oxygen atoms in total. The number of hydrogen-bond acceptors (Lipinski definition) is 3. The van der Waals surface area contributed by atoms with Crippen LogP contribution in [0.2, 0.25) is 0 Å². The summed E-state index contributed by atoms with van der Waals surface area (Å²) in [6.07, 6.45) is 0. The van der Waals surface area contributed by atoms with Crippen molar-refractivity contribution in [3.05, 3.63) is 59.7 Å². The maximum Gasteiger partial charge on any atom is 0.258 e. The highest BCUT2D eigenvalue weighted by Gasteiger charge is 2.18. The average molecular weight is 312 g/mol. The van der Waals surface area contributed by atoms with Crippen molar-refractivity contribution in [2.24, 2.45) is 5.14 Å². The second-order valence-electron chi connectivity index (χ2n) is 4.12. The van der Waals surface area contributed by atoms with Crippen LogP contribution in [0.1, 0.15) is 10.4 Å². The number of hydrogen-bond donors (Lipinski definition) is 2. The first-order valence-electron chi connectivity index (χ1n) is 5.67. The molecule has 0 heterocycles. The molecule has 8 heteroatoms. The molecule has 0 fully saturated rings. The van der Waals surface area contributed by atoms with Gasteiger partial charge in [-0.25, -0.2) is 22.3 Å². The first-order chi connectivity index (χ1) is 9.79. The largest absolute Gasteiger partial charge is 0.321 e. The lowest BCUT2D eigenvalue weighted by molar-refractivity contribution is 0.102.